The Labute approximate surface area is 110 Å². The van der Waals surface area contributed by atoms with Crippen molar-refractivity contribution in [3.63, 3.8) is 0 Å². The monoisotopic (exact) mass is 248 g/mol. The molecule has 0 spiro atoms. The van der Waals surface area contributed by atoms with Gasteiger partial charge in [-0.1, -0.05) is 18.2 Å². The van der Waals surface area contributed by atoms with Gasteiger partial charge in [0.1, 0.15) is 0 Å². The van der Waals surface area contributed by atoms with Crippen molar-refractivity contribution in [2.24, 2.45) is 0 Å². The van der Waals surface area contributed by atoms with E-state index in [1.807, 2.05) is 12.1 Å². The fourth-order valence-corrected chi connectivity index (χ4v) is 2.29. The standard InChI is InChI=1S/C15H24N2O/c1-18-11-5-4-10-17(14-8-9-14)12-13-6-2-3-7-15(13)16/h2-3,6-7,14H,4-5,8-12,16H2,1H3. The summed E-state index contributed by atoms with van der Waals surface area (Å²) in [5.74, 6) is 0. The Kier molecular flexibility index (Phi) is 5.02. The third-order valence-electron chi connectivity index (χ3n) is 3.54. The Bertz CT molecular complexity index is 363. The zero-order chi connectivity index (χ0) is 12.8. The molecular formula is C15H24N2O. The molecule has 1 saturated carbocycles. The lowest BCUT2D eigenvalue weighted by Crippen LogP contribution is -2.27. The summed E-state index contributed by atoms with van der Waals surface area (Å²) in [6.45, 7) is 3.01. The van der Waals surface area contributed by atoms with E-state index in [-0.39, 0.29) is 0 Å². The third-order valence-corrected chi connectivity index (χ3v) is 3.54. The van der Waals surface area contributed by atoms with Gasteiger partial charge in [-0.05, 0) is 43.9 Å². The number of benzene rings is 1. The third kappa shape index (κ3) is 4.00. The maximum atomic E-state index is 6.02. The van der Waals surface area contributed by atoms with E-state index in [0.29, 0.717) is 0 Å². The van der Waals surface area contributed by atoms with Crippen LogP contribution >= 0.6 is 0 Å². The summed E-state index contributed by atoms with van der Waals surface area (Å²) in [6, 6.07) is 8.98. The fourth-order valence-electron chi connectivity index (χ4n) is 2.29. The molecule has 3 nitrogen and oxygen atoms in total. The van der Waals surface area contributed by atoms with E-state index in [9.17, 15) is 0 Å². The highest BCUT2D eigenvalue weighted by molar-refractivity contribution is 5.46. The van der Waals surface area contributed by atoms with Crippen LogP contribution in [0, 0.1) is 0 Å². The zero-order valence-electron chi connectivity index (χ0n) is 11.3. The summed E-state index contributed by atoms with van der Waals surface area (Å²) in [7, 11) is 1.77. The summed E-state index contributed by atoms with van der Waals surface area (Å²) in [6.07, 6.45) is 5.04. The number of methoxy groups -OCH3 is 1. The molecule has 0 unspecified atom stereocenters. The average Bonchev–Trinajstić information content (AvgIpc) is 3.20. The van der Waals surface area contributed by atoms with Crippen molar-refractivity contribution in [2.75, 3.05) is 26.0 Å². The number of nitrogens with zero attached hydrogens (tertiary/aromatic N) is 1. The number of hydrogen-bond acceptors (Lipinski definition) is 3. The maximum absolute atomic E-state index is 6.02. The number of hydrogen-bond donors (Lipinski definition) is 1. The molecule has 1 aromatic rings. The Hall–Kier alpha value is -1.06. The molecule has 1 aromatic carbocycles. The van der Waals surface area contributed by atoms with E-state index in [1.165, 1.54) is 24.8 Å². The van der Waals surface area contributed by atoms with Gasteiger partial charge in [0.15, 0.2) is 0 Å². The average molecular weight is 248 g/mol. The summed E-state index contributed by atoms with van der Waals surface area (Å²) < 4.78 is 5.10. The quantitative estimate of drug-likeness (QED) is 0.568. The van der Waals surface area contributed by atoms with Crippen LogP contribution in [0.25, 0.3) is 0 Å². The van der Waals surface area contributed by atoms with Crippen LogP contribution in [0.4, 0.5) is 5.69 Å². The van der Waals surface area contributed by atoms with Crippen LogP contribution in [0.3, 0.4) is 0 Å². The minimum absolute atomic E-state index is 0.784. The topological polar surface area (TPSA) is 38.5 Å². The molecule has 0 aromatic heterocycles. The molecule has 3 heteroatoms. The van der Waals surface area contributed by atoms with Crippen molar-refractivity contribution in [2.45, 2.75) is 38.3 Å². The predicted octanol–water partition coefficient (Wildman–Crippen LogP) is 2.66. The highest BCUT2D eigenvalue weighted by atomic mass is 16.5. The van der Waals surface area contributed by atoms with Gasteiger partial charge >= 0.3 is 0 Å². The lowest BCUT2D eigenvalue weighted by atomic mass is 10.1. The largest absolute Gasteiger partial charge is 0.398 e. The van der Waals surface area contributed by atoms with E-state index >= 15 is 0 Å². The predicted molar refractivity (Wildman–Crippen MR) is 75.4 cm³/mol. The molecule has 0 bridgehead atoms. The second kappa shape index (κ2) is 6.76. The lowest BCUT2D eigenvalue weighted by Gasteiger charge is -2.22. The van der Waals surface area contributed by atoms with Gasteiger partial charge in [0.25, 0.3) is 0 Å². The number of anilines is 1. The second-order valence-electron chi connectivity index (χ2n) is 5.10. The van der Waals surface area contributed by atoms with Crippen molar-refractivity contribution in [3.05, 3.63) is 29.8 Å². The van der Waals surface area contributed by atoms with Crippen LogP contribution in [0.15, 0.2) is 24.3 Å². The van der Waals surface area contributed by atoms with Crippen molar-refractivity contribution in [3.8, 4) is 0 Å². The first kappa shape index (κ1) is 13.4. The Morgan fingerprint density at radius 1 is 1.28 bits per heavy atom. The highest BCUT2D eigenvalue weighted by Crippen LogP contribution is 2.29. The Morgan fingerprint density at radius 3 is 2.72 bits per heavy atom. The Morgan fingerprint density at radius 2 is 2.06 bits per heavy atom. The second-order valence-corrected chi connectivity index (χ2v) is 5.10. The van der Waals surface area contributed by atoms with Crippen molar-refractivity contribution < 1.29 is 4.74 Å². The van der Waals surface area contributed by atoms with Gasteiger partial charge in [-0.2, -0.15) is 0 Å². The van der Waals surface area contributed by atoms with E-state index < -0.39 is 0 Å². The van der Waals surface area contributed by atoms with Gasteiger partial charge in [-0.3, -0.25) is 4.90 Å². The molecule has 0 saturated heterocycles. The summed E-state index contributed by atoms with van der Waals surface area (Å²) >= 11 is 0. The van der Waals surface area contributed by atoms with Gasteiger partial charge in [-0.25, -0.2) is 0 Å². The Balaban J connectivity index is 1.84. The van der Waals surface area contributed by atoms with E-state index in [1.54, 1.807) is 7.11 Å². The maximum Gasteiger partial charge on any atom is 0.0462 e. The van der Waals surface area contributed by atoms with E-state index in [0.717, 1.165) is 37.8 Å². The van der Waals surface area contributed by atoms with Gasteiger partial charge in [0.2, 0.25) is 0 Å². The molecule has 1 fully saturated rings. The molecule has 2 N–H and O–H groups in total. The normalized spacial score (nSPS) is 15.2. The van der Waals surface area contributed by atoms with Crippen LogP contribution in [0.2, 0.25) is 0 Å². The summed E-state index contributed by atoms with van der Waals surface area (Å²) in [4.78, 5) is 2.57. The molecular weight excluding hydrogens is 224 g/mol. The molecule has 100 valence electrons. The lowest BCUT2D eigenvalue weighted by molar-refractivity contribution is 0.180. The molecule has 0 aliphatic heterocycles. The van der Waals surface area contributed by atoms with Crippen molar-refractivity contribution in [1.82, 2.24) is 4.90 Å². The minimum atomic E-state index is 0.784. The minimum Gasteiger partial charge on any atom is -0.398 e. The van der Waals surface area contributed by atoms with Gasteiger partial charge in [-0.15, -0.1) is 0 Å². The van der Waals surface area contributed by atoms with E-state index in [2.05, 4.69) is 17.0 Å². The van der Waals surface area contributed by atoms with E-state index in [4.69, 9.17) is 10.5 Å². The first-order chi connectivity index (χ1) is 8.81. The van der Waals surface area contributed by atoms with Crippen molar-refractivity contribution in [1.29, 1.82) is 0 Å². The highest BCUT2D eigenvalue weighted by Gasteiger charge is 2.28. The SMILES string of the molecule is COCCCCN(Cc1ccccc1N)C1CC1. The first-order valence-corrected chi connectivity index (χ1v) is 6.87. The van der Waals surface area contributed by atoms with Crippen molar-refractivity contribution >= 4 is 5.69 Å². The molecule has 18 heavy (non-hydrogen) atoms. The van der Waals surface area contributed by atoms with Crippen LogP contribution < -0.4 is 5.73 Å². The fraction of sp³-hybridized carbons (Fsp3) is 0.600. The number of para-hydroxylation sites is 1. The molecule has 1 aliphatic rings. The number of unbranched alkanes of at least 4 members (excludes halogenated alkanes) is 1. The first-order valence-electron chi connectivity index (χ1n) is 6.87. The smallest absolute Gasteiger partial charge is 0.0462 e. The van der Waals surface area contributed by atoms with Crippen LogP contribution in [-0.4, -0.2) is 31.2 Å². The number of rotatable bonds is 8. The number of nitrogens with two attached hydrogens (primary N) is 1. The van der Waals surface area contributed by atoms with Gasteiger partial charge < -0.3 is 10.5 Å². The molecule has 2 rings (SSSR count). The number of ether oxygens (including phenoxy) is 1. The van der Waals surface area contributed by atoms with Crippen LogP contribution in [0.5, 0.6) is 0 Å². The molecule has 0 amide bonds. The summed E-state index contributed by atoms with van der Waals surface area (Å²) in [5, 5.41) is 0. The van der Waals surface area contributed by atoms with Gasteiger partial charge in [0, 0.05) is 32.0 Å². The van der Waals surface area contributed by atoms with Crippen LogP contribution in [-0.2, 0) is 11.3 Å². The number of nitrogen functional groups attached to an aromatic ring is 1. The summed E-state index contributed by atoms with van der Waals surface area (Å²) in [5.41, 5.74) is 8.20. The molecule has 0 atom stereocenters. The zero-order valence-corrected chi connectivity index (χ0v) is 11.3. The molecule has 0 radical (unpaired) electrons. The molecule has 0 heterocycles. The van der Waals surface area contributed by atoms with Crippen LogP contribution in [0.1, 0.15) is 31.2 Å². The molecule has 1 aliphatic carbocycles. The van der Waals surface area contributed by atoms with Gasteiger partial charge in [0.05, 0.1) is 0 Å².